The molecule has 92 valence electrons. The summed E-state index contributed by atoms with van der Waals surface area (Å²) in [6.07, 6.45) is 1.46. The first-order valence-corrected chi connectivity index (χ1v) is 5.33. The highest BCUT2D eigenvalue weighted by Crippen LogP contribution is 2.11. The summed E-state index contributed by atoms with van der Waals surface area (Å²) in [4.78, 5) is 15.5. The zero-order chi connectivity index (χ0) is 13.0. The molecule has 0 spiro atoms. The number of nitrogens with one attached hydrogen (secondary N) is 1. The molecule has 2 N–H and O–H groups in total. The molecule has 0 aliphatic carbocycles. The molecule has 2 rings (SSSR count). The number of nitrogens with zero attached hydrogens (tertiary/aromatic N) is 1. The molecule has 0 bridgehead atoms. The molecule has 0 fully saturated rings. The molecule has 0 saturated heterocycles. The van der Waals surface area contributed by atoms with Gasteiger partial charge < -0.3 is 10.4 Å². The Hall–Kier alpha value is -2.43. The van der Waals surface area contributed by atoms with Gasteiger partial charge in [0.15, 0.2) is 0 Å². The van der Waals surface area contributed by atoms with E-state index < -0.39 is 11.7 Å². The lowest BCUT2D eigenvalue weighted by Crippen LogP contribution is -2.23. The number of aromatic nitrogens is 1. The van der Waals surface area contributed by atoms with Crippen LogP contribution in [-0.2, 0) is 6.54 Å². The largest absolute Gasteiger partial charge is 0.508 e. The van der Waals surface area contributed by atoms with E-state index in [-0.39, 0.29) is 18.0 Å². The monoisotopic (exact) mass is 246 g/mol. The summed E-state index contributed by atoms with van der Waals surface area (Å²) in [7, 11) is 0. The second-order valence-corrected chi connectivity index (χ2v) is 3.66. The number of carbonyl (C=O) groups is 1. The summed E-state index contributed by atoms with van der Waals surface area (Å²) in [6.45, 7) is 0.00115. The predicted molar refractivity (Wildman–Crippen MR) is 63.5 cm³/mol. The van der Waals surface area contributed by atoms with Gasteiger partial charge in [0.05, 0.1) is 12.2 Å². The van der Waals surface area contributed by atoms with E-state index in [0.29, 0.717) is 5.56 Å². The van der Waals surface area contributed by atoms with Gasteiger partial charge in [-0.05, 0) is 30.3 Å². The highest BCUT2D eigenvalue weighted by Gasteiger charge is 2.08. The van der Waals surface area contributed by atoms with E-state index in [1.165, 1.54) is 30.5 Å². The Morgan fingerprint density at radius 2 is 2.17 bits per heavy atom. The van der Waals surface area contributed by atoms with Crippen molar-refractivity contribution in [3.63, 3.8) is 0 Å². The van der Waals surface area contributed by atoms with Crippen LogP contribution >= 0.6 is 0 Å². The molecule has 1 aromatic carbocycles. The summed E-state index contributed by atoms with van der Waals surface area (Å²) in [6, 6.07) is 8.69. The molecule has 18 heavy (non-hydrogen) atoms. The second-order valence-electron chi connectivity index (χ2n) is 3.66. The Bertz CT molecular complexity index is 572. The number of hydrogen-bond acceptors (Lipinski definition) is 3. The fraction of sp³-hybridized carbons (Fsp3) is 0.0769. The number of aromatic hydroxyl groups is 1. The normalized spacial score (nSPS) is 10.1. The molecule has 5 heteroatoms. The minimum atomic E-state index is -0.464. The van der Waals surface area contributed by atoms with Crippen molar-refractivity contribution in [3.8, 4) is 5.75 Å². The first-order chi connectivity index (χ1) is 8.66. The Kier molecular flexibility index (Phi) is 3.52. The summed E-state index contributed by atoms with van der Waals surface area (Å²) in [5.41, 5.74) is 0.484. The molecule has 1 aromatic heterocycles. The van der Waals surface area contributed by atoms with Crippen LogP contribution in [0.25, 0.3) is 0 Å². The van der Waals surface area contributed by atoms with Gasteiger partial charge in [-0.25, -0.2) is 4.39 Å². The number of carbonyl (C=O) groups excluding carboxylic acids is 1. The van der Waals surface area contributed by atoms with Crippen LogP contribution in [0.15, 0.2) is 42.6 Å². The average Bonchev–Trinajstić information content (AvgIpc) is 2.37. The predicted octanol–water partition coefficient (Wildman–Crippen LogP) is 1.86. The van der Waals surface area contributed by atoms with Gasteiger partial charge in [-0.2, -0.15) is 0 Å². The quantitative estimate of drug-likeness (QED) is 0.868. The Morgan fingerprint density at radius 3 is 2.89 bits per heavy atom. The SMILES string of the molecule is O=C(NCc1ncccc1F)c1cccc(O)c1. The fourth-order valence-corrected chi connectivity index (χ4v) is 1.46. The lowest BCUT2D eigenvalue weighted by molar-refractivity contribution is 0.0949. The van der Waals surface area contributed by atoms with E-state index in [1.807, 2.05) is 0 Å². The molecular formula is C13H11FN2O2. The molecule has 0 atom stereocenters. The van der Waals surface area contributed by atoms with Crippen LogP contribution in [0, 0.1) is 5.82 Å². The van der Waals surface area contributed by atoms with E-state index in [4.69, 9.17) is 0 Å². The molecule has 1 amide bonds. The van der Waals surface area contributed by atoms with Crippen molar-refractivity contribution in [1.29, 1.82) is 0 Å². The lowest BCUT2D eigenvalue weighted by atomic mass is 10.2. The maximum Gasteiger partial charge on any atom is 0.251 e. The maximum absolute atomic E-state index is 13.3. The van der Waals surface area contributed by atoms with E-state index >= 15 is 0 Å². The van der Waals surface area contributed by atoms with Gasteiger partial charge in [0.1, 0.15) is 11.6 Å². The van der Waals surface area contributed by atoms with Crippen LogP contribution in [0.2, 0.25) is 0 Å². The highest BCUT2D eigenvalue weighted by atomic mass is 19.1. The van der Waals surface area contributed by atoms with Gasteiger partial charge in [-0.3, -0.25) is 9.78 Å². The molecule has 2 aromatic rings. The first kappa shape index (κ1) is 12.0. The van der Waals surface area contributed by atoms with Crippen molar-refractivity contribution in [2.24, 2.45) is 0 Å². The van der Waals surface area contributed by atoms with Crippen LogP contribution in [0.4, 0.5) is 4.39 Å². The maximum atomic E-state index is 13.3. The highest BCUT2D eigenvalue weighted by molar-refractivity contribution is 5.94. The van der Waals surface area contributed by atoms with Crippen LogP contribution < -0.4 is 5.32 Å². The molecule has 0 aliphatic rings. The summed E-state index contributed by atoms with van der Waals surface area (Å²) in [5, 5.41) is 11.8. The van der Waals surface area contributed by atoms with Gasteiger partial charge in [0, 0.05) is 11.8 Å². The molecule has 0 saturated carbocycles. The van der Waals surface area contributed by atoms with Crippen molar-refractivity contribution < 1.29 is 14.3 Å². The number of rotatable bonds is 3. The number of benzene rings is 1. The standard InChI is InChI=1S/C13H11FN2O2/c14-11-5-2-6-15-12(11)8-16-13(18)9-3-1-4-10(17)7-9/h1-7,17H,8H2,(H,16,18). The lowest BCUT2D eigenvalue weighted by Gasteiger charge is -2.05. The molecule has 0 radical (unpaired) electrons. The Labute approximate surface area is 103 Å². The van der Waals surface area contributed by atoms with Crippen molar-refractivity contribution in [2.45, 2.75) is 6.54 Å². The van der Waals surface area contributed by atoms with Gasteiger partial charge in [-0.15, -0.1) is 0 Å². The number of pyridine rings is 1. The third kappa shape index (κ3) is 2.82. The summed E-state index contributed by atoms with van der Waals surface area (Å²) >= 11 is 0. The van der Waals surface area contributed by atoms with Crippen LogP contribution in [-0.4, -0.2) is 16.0 Å². The van der Waals surface area contributed by atoms with E-state index in [0.717, 1.165) is 0 Å². The van der Waals surface area contributed by atoms with Crippen molar-refractivity contribution in [2.75, 3.05) is 0 Å². The zero-order valence-corrected chi connectivity index (χ0v) is 9.43. The third-order valence-corrected chi connectivity index (χ3v) is 2.36. The second kappa shape index (κ2) is 5.27. The molecular weight excluding hydrogens is 235 g/mol. The Balaban J connectivity index is 2.03. The average molecular weight is 246 g/mol. The summed E-state index contributed by atoms with van der Waals surface area (Å²) in [5.74, 6) is -0.851. The summed E-state index contributed by atoms with van der Waals surface area (Å²) < 4.78 is 13.3. The number of halogens is 1. The van der Waals surface area contributed by atoms with Crippen molar-refractivity contribution in [3.05, 3.63) is 59.7 Å². The van der Waals surface area contributed by atoms with E-state index in [1.54, 1.807) is 12.1 Å². The van der Waals surface area contributed by atoms with Crippen molar-refractivity contribution in [1.82, 2.24) is 10.3 Å². The zero-order valence-electron chi connectivity index (χ0n) is 9.43. The van der Waals surface area contributed by atoms with Gasteiger partial charge in [-0.1, -0.05) is 6.07 Å². The number of phenolic OH excluding ortho intramolecular Hbond substituents is 1. The number of amides is 1. The first-order valence-electron chi connectivity index (χ1n) is 5.33. The minimum Gasteiger partial charge on any atom is -0.508 e. The van der Waals surface area contributed by atoms with Crippen LogP contribution in [0.3, 0.4) is 0 Å². The minimum absolute atomic E-state index is 0.00115. The molecule has 0 unspecified atom stereocenters. The number of phenols is 1. The fourth-order valence-electron chi connectivity index (χ4n) is 1.46. The van der Waals surface area contributed by atoms with Gasteiger partial charge >= 0.3 is 0 Å². The topological polar surface area (TPSA) is 62.2 Å². The molecule has 1 heterocycles. The molecule has 0 aliphatic heterocycles. The van der Waals surface area contributed by atoms with Crippen LogP contribution in [0.1, 0.15) is 16.1 Å². The smallest absolute Gasteiger partial charge is 0.251 e. The van der Waals surface area contributed by atoms with Gasteiger partial charge in [0.25, 0.3) is 5.91 Å². The van der Waals surface area contributed by atoms with E-state index in [9.17, 15) is 14.3 Å². The molecule has 4 nitrogen and oxygen atoms in total. The van der Waals surface area contributed by atoms with E-state index in [2.05, 4.69) is 10.3 Å². The number of hydrogen-bond donors (Lipinski definition) is 2. The van der Waals surface area contributed by atoms with Crippen molar-refractivity contribution >= 4 is 5.91 Å². The van der Waals surface area contributed by atoms with Crippen LogP contribution in [0.5, 0.6) is 5.75 Å². The Morgan fingerprint density at radius 1 is 1.33 bits per heavy atom. The third-order valence-electron chi connectivity index (χ3n) is 2.36. The van der Waals surface area contributed by atoms with Gasteiger partial charge in [0.2, 0.25) is 0 Å².